The van der Waals surface area contributed by atoms with Crippen LogP contribution in [0.15, 0.2) is 17.0 Å². The molecule has 2 N–H and O–H groups in total. The minimum absolute atomic E-state index is 0.0503. The molecule has 0 saturated carbocycles. The predicted octanol–water partition coefficient (Wildman–Crippen LogP) is 1.76. The van der Waals surface area contributed by atoms with Gasteiger partial charge in [0.15, 0.2) is 5.82 Å². The highest BCUT2D eigenvalue weighted by atomic mass is 32.2. The van der Waals surface area contributed by atoms with Crippen LogP contribution in [-0.2, 0) is 16.6 Å². The summed E-state index contributed by atoms with van der Waals surface area (Å²) in [6, 6.07) is 1.91. The predicted molar refractivity (Wildman–Crippen MR) is 69.2 cm³/mol. The second-order valence-electron chi connectivity index (χ2n) is 4.02. The molecule has 0 bridgehead atoms. The Morgan fingerprint density at radius 2 is 1.89 bits per heavy atom. The molecule has 1 rings (SSSR count). The van der Waals surface area contributed by atoms with Crippen LogP contribution in [0, 0.1) is 11.6 Å². The summed E-state index contributed by atoms with van der Waals surface area (Å²) in [5.74, 6) is -1.79. The normalized spacial score (nSPS) is 11.8. The third kappa shape index (κ3) is 3.95. The topological polar surface area (TPSA) is 58.2 Å². The second-order valence-corrected chi connectivity index (χ2v) is 5.75. The summed E-state index contributed by atoms with van der Waals surface area (Å²) >= 11 is 0. The van der Waals surface area contributed by atoms with Crippen molar-refractivity contribution >= 4 is 10.0 Å². The van der Waals surface area contributed by atoms with Crippen LogP contribution < -0.4 is 10.0 Å². The number of rotatable bonds is 7. The molecule has 19 heavy (non-hydrogen) atoms. The molecule has 0 atom stereocenters. The van der Waals surface area contributed by atoms with Gasteiger partial charge in [-0.05, 0) is 25.1 Å². The Balaban J connectivity index is 3.16. The van der Waals surface area contributed by atoms with Gasteiger partial charge in [-0.1, -0.05) is 13.8 Å². The van der Waals surface area contributed by atoms with Gasteiger partial charge in [0.2, 0.25) is 10.0 Å². The molecule has 7 heteroatoms. The van der Waals surface area contributed by atoms with Gasteiger partial charge in [-0.3, -0.25) is 0 Å². The maximum atomic E-state index is 14.1. The first-order valence-electron chi connectivity index (χ1n) is 6.11. The van der Waals surface area contributed by atoms with Crippen molar-refractivity contribution in [1.29, 1.82) is 0 Å². The van der Waals surface area contributed by atoms with Crippen molar-refractivity contribution in [3.05, 3.63) is 29.3 Å². The van der Waals surface area contributed by atoms with Crippen LogP contribution >= 0.6 is 0 Å². The molecule has 108 valence electrons. The molecular weight excluding hydrogens is 274 g/mol. The summed E-state index contributed by atoms with van der Waals surface area (Å²) < 4.78 is 53.5. The third-order valence-corrected chi connectivity index (χ3v) is 4.01. The van der Waals surface area contributed by atoms with Gasteiger partial charge in [0, 0.05) is 18.7 Å². The van der Waals surface area contributed by atoms with Gasteiger partial charge in [0.25, 0.3) is 0 Å². The Morgan fingerprint density at radius 1 is 1.21 bits per heavy atom. The van der Waals surface area contributed by atoms with Crippen LogP contribution in [-0.4, -0.2) is 21.5 Å². The molecule has 4 nitrogen and oxygen atoms in total. The number of halogens is 2. The van der Waals surface area contributed by atoms with Crippen molar-refractivity contribution in [3.63, 3.8) is 0 Å². The van der Waals surface area contributed by atoms with E-state index in [1.807, 2.05) is 0 Å². The van der Waals surface area contributed by atoms with E-state index in [4.69, 9.17) is 0 Å². The minimum atomic E-state index is -3.94. The lowest BCUT2D eigenvalue weighted by Crippen LogP contribution is -2.26. The Labute approximate surface area is 112 Å². The lowest BCUT2D eigenvalue weighted by Gasteiger charge is -2.11. The zero-order valence-corrected chi connectivity index (χ0v) is 11.8. The van der Waals surface area contributed by atoms with E-state index >= 15 is 0 Å². The lowest BCUT2D eigenvalue weighted by atomic mass is 10.2. The number of benzene rings is 1. The van der Waals surface area contributed by atoms with Crippen molar-refractivity contribution in [2.75, 3.05) is 13.1 Å². The summed E-state index contributed by atoms with van der Waals surface area (Å²) in [5.41, 5.74) is -0.263. The van der Waals surface area contributed by atoms with E-state index in [2.05, 4.69) is 10.0 Å². The quantitative estimate of drug-likeness (QED) is 0.805. The summed E-state index contributed by atoms with van der Waals surface area (Å²) in [4.78, 5) is -0.518. The van der Waals surface area contributed by atoms with Gasteiger partial charge < -0.3 is 5.32 Å². The number of nitrogens with one attached hydrogen (secondary N) is 2. The molecule has 1 aromatic rings. The van der Waals surface area contributed by atoms with E-state index in [0.717, 1.165) is 12.1 Å². The first-order valence-corrected chi connectivity index (χ1v) is 7.59. The molecule has 0 aromatic heterocycles. The van der Waals surface area contributed by atoms with Crippen molar-refractivity contribution < 1.29 is 17.2 Å². The minimum Gasteiger partial charge on any atom is -0.313 e. The average molecular weight is 292 g/mol. The van der Waals surface area contributed by atoms with Gasteiger partial charge in [0.1, 0.15) is 10.7 Å². The molecule has 0 aliphatic rings. The number of hydrogen-bond acceptors (Lipinski definition) is 3. The first-order chi connectivity index (χ1) is 8.94. The summed E-state index contributed by atoms with van der Waals surface area (Å²) in [6.45, 7) is 4.27. The van der Waals surface area contributed by atoms with E-state index in [0.29, 0.717) is 13.0 Å². The van der Waals surface area contributed by atoms with Crippen LogP contribution in [0.2, 0.25) is 0 Å². The van der Waals surface area contributed by atoms with Gasteiger partial charge >= 0.3 is 0 Å². The maximum Gasteiger partial charge on any atom is 0.243 e. The van der Waals surface area contributed by atoms with Crippen molar-refractivity contribution in [3.8, 4) is 0 Å². The zero-order valence-electron chi connectivity index (χ0n) is 11.0. The molecule has 0 fully saturated rings. The van der Waals surface area contributed by atoms with E-state index in [1.54, 1.807) is 13.8 Å². The van der Waals surface area contributed by atoms with Crippen LogP contribution in [0.3, 0.4) is 0 Å². The Morgan fingerprint density at radius 3 is 2.47 bits per heavy atom. The van der Waals surface area contributed by atoms with Gasteiger partial charge in [-0.15, -0.1) is 0 Å². The Kier molecular flexibility index (Phi) is 5.84. The fourth-order valence-electron chi connectivity index (χ4n) is 1.51. The summed E-state index contributed by atoms with van der Waals surface area (Å²) in [7, 11) is -3.94. The van der Waals surface area contributed by atoms with Gasteiger partial charge in [-0.2, -0.15) is 0 Å². The molecular formula is C12H18F2N2O2S. The standard InChI is InChI=1S/C12H18F2N2O2S/c1-3-7-16-19(17,18)11-6-5-10(13)9(12(11)14)8-15-4-2/h5-6,15-16H,3-4,7-8H2,1-2H3. The van der Waals surface area contributed by atoms with Gasteiger partial charge in [0.05, 0.1) is 0 Å². The average Bonchev–Trinajstić information content (AvgIpc) is 2.36. The SMILES string of the molecule is CCCNS(=O)(=O)c1ccc(F)c(CNCC)c1F. The number of sulfonamides is 1. The fraction of sp³-hybridized carbons (Fsp3) is 0.500. The maximum absolute atomic E-state index is 14.1. The smallest absolute Gasteiger partial charge is 0.243 e. The lowest BCUT2D eigenvalue weighted by molar-refractivity contribution is 0.513. The molecule has 0 aliphatic heterocycles. The largest absolute Gasteiger partial charge is 0.313 e. The van der Waals surface area contributed by atoms with E-state index in [1.165, 1.54) is 0 Å². The zero-order chi connectivity index (χ0) is 14.5. The molecule has 0 spiro atoms. The fourth-order valence-corrected chi connectivity index (χ4v) is 2.74. The molecule has 0 radical (unpaired) electrons. The van der Waals surface area contributed by atoms with Gasteiger partial charge in [-0.25, -0.2) is 21.9 Å². The summed E-state index contributed by atoms with van der Waals surface area (Å²) in [6.07, 6.45) is 0.590. The number of hydrogen-bond donors (Lipinski definition) is 2. The molecule has 0 unspecified atom stereocenters. The van der Waals surface area contributed by atoms with Crippen molar-refractivity contribution in [1.82, 2.24) is 10.0 Å². The molecule has 0 saturated heterocycles. The Bertz CT molecular complexity index is 533. The van der Waals surface area contributed by atoms with Crippen molar-refractivity contribution in [2.45, 2.75) is 31.7 Å². The summed E-state index contributed by atoms with van der Waals surface area (Å²) in [5, 5.41) is 2.77. The van der Waals surface area contributed by atoms with E-state index in [-0.39, 0.29) is 18.7 Å². The molecule has 0 heterocycles. The van der Waals surface area contributed by atoms with Crippen LogP contribution in [0.25, 0.3) is 0 Å². The highest BCUT2D eigenvalue weighted by Gasteiger charge is 2.22. The third-order valence-electron chi connectivity index (χ3n) is 2.53. The van der Waals surface area contributed by atoms with Crippen LogP contribution in [0.5, 0.6) is 0 Å². The monoisotopic (exact) mass is 292 g/mol. The highest BCUT2D eigenvalue weighted by molar-refractivity contribution is 7.89. The van der Waals surface area contributed by atoms with E-state index in [9.17, 15) is 17.2 Å². The molecule has 1 aromatic carbocycles. The van der Waals surface area contributed by atoms with Crippen LogP contribution in [0.4, 0.5) is 8.78 Å². The first kappa shape index (κ1) is 16.0. The molecule has 0 aliphatic carbocycles. The molecule has 0 amide bonds. The van der Waals surface area contributed by atoms with Crippen LogP contribution in [0.1, 0.15) is 25.8 Å². The van der Waals surface area contributed by atoms with Crippen molar-refractivity contribution in [2.24, 2.45) is 0 Å². The highest BCUT2D eigenvalue weighted by Crippen LogP contribution is 2.20. The van der Waals surface area contributed by atoms with E-state index < -0.39 is 26.6 Å². The second kappa shape index (κ2) is 6.93. The Hall–Kier alpha value is -1.05.